The molecule has 0 bridgehead atoms. The van der Waals surface area contributed by atoms with Gasteiger partial charge in [0.15, 0.2) is 0 Å². The van der Waals surface area contributed by atoms with Crippen LogP contribution in [0.25, 0.3) is 16.8 Å². The van der Waals surface area contributed by atoms with Gasteiger partial charge in [0.2, 0.25) is 0 Å². The van der Waals surface area contributed by atoms with Crippen LogP contribution in [0.2, 0.25) is 0 Å². The molecule has 0 saturated heterocycles. The number of carbonyl (C=O) groups is 2. The number of fused-ring (bicyclic) bond motifs is 1. The van der Waals surface area contributed by atoms with Crippen LogP contribution in [-0.4, -0.2) is 28.9 Å². The Labute approximate surface area is 170 Å². The van der Waals surface area contributed by atoms with Crippen LogP contribution in [0, 0.1) is 0 Å². The van der Waals surface area contributed by atoms with Crippen LogP contribution < -0.4 is 0 Å². The minimum atomic E-state index is -2.91. The highest BCUT2D eigenvalue weighted by molar-refractivity contribution is 7.93. The minimum absolute atomic E-state index is 0.261. The lowest BCUT2D eigenvalue weighted by atomic mass is 10.00. The summed E-state index contributed by atoms with van der Waals surface area (Å²) < 4.78 is 21.9. The summed E-state index contributed by atoms with van der Waals surface area (Å²) in [5.41, 5.74) is 0.781. The third-order valence-corrected chi connectivity index (χ3v) is 5.93. The van der Waals surface area contributed by atoms with Crippen molar-refractivity contribution in [3.05, 3.63) is 83.9 Å². The zero-order valence-electron chi connectivity index (χ0n) is 16.2. The molecule has 0 spiro atoms. The van der Waals surface area contributed by atoms with Crippen LogP contribution >= 0.6 is 0 Å². The maximum Gasteiger partial charge on any atom is 0.330 e. The lowest BCUT2D eigenvalue weighted by Gasteiger charge is -2.08. The van der Waals surface area contributed by atoms with E-state index in [0.717, 1.165) is 10.8 Å². The Morgan fingerprint density at radius 2 is 1.62 bits per heavy atom. The average Bonchev–Trinajstić information content (AvgIpc) is 2.72. The molecule has 0 aliphatic heterocycles. The first kappa shape index (κ1) is 20.5. The zero-order valence-corrected chi connectivity index (χ0v) is 17.0. The Hall–Kier alpha value is -3.25. The summed E-state index contributed by atoms with van der Waals surface area (Å²) in [4.78, 5) is 25.2. The normalized spacial score (nSPS) is 13.2. The number of ether oxygens (including phenoxy) is 1. The largest absolute Gasteiger partial charge is 0.463 e. The Morgan fingerprint density at radius 1 is 1.00 bits per heavy atom. The van der Waals surface area contributed by atoms with Gasteiger partial charge in [-0.1, -0.05) is 42.5 Å². The summed E-state index contributed by atoms with van der Waals surface area (Å²) >= 11 is 0. The number of rotatable bonds is 5. The number of benzene rings is 3. The summed E-state index contributed by atoms with van der Waals surface area (Å²) in [6.45, 7) is 1.98. The second-order valence-electron chi connectivity index (χ2n) is 6.38. The molecule has 29 heavy (non-hydrogen) atoms. The molecule has 0 N–H and O–H groups in total. The Kier molecular flexibility index (Phi) is 6.24. The highest BCUT2D eigenvalue weighted by atomic mass is 32.2. The van der Waals surface area contributed by atoms with Gasteiger partial charge in [-0.3, -0.25) is 4.79 Å². The van der Waals surface area contributed by atoms with Gasteiger partial charge in [-0.15, -0.1) is 0 Å². The van der Waals surface area contributed by atoms with Crippen LogP contribution in [0.4, 0.5) is 0 Å². The first-order valence-corrected chi connectivity index (χ1v) is 11.0. The number of nitrogens with zero attached hydrogens (tertiary/aromatic N) is 1. The molecule has 3 aromatic rings. The number of hydrogen-bond donors (Lipinski definition) is 0. The molecule has 1 amide bonds. The summed E-state index contributed by atoms with van der Waals surface area (Å²) in [5, 5.41) is 1.76. The molecule has 0 saturated carbocycles. The molecule has 0 aromatic heterocycles. The molecule has 148 valence electrons. The average molecular weight is 407 g/mol. The van der Waals surface area contributed by atoms with Crippen molar-refractivity contribution in [1.29, 1.82) is 0 Å². The number of hydrogen-bond acceptors (Lipinski definition) is 4. The standard InChI is InChI=1S/C23H21NO4S/c1-3-28-22(25)14-13-19-15-17-9-7-8-10-18(17)16-21(19)23(26)24-29(2,27)20-11-5-4-6-12-20/h4-16H,3H2,1-2H3/b14-13+. The molecule has 5 nitrogen and oxygen atoms in total. The van der Waals surface area contributed by atoms with E-state index in [1.54, 1.807) is 43.3 Å². The Morgan fingerprint density at radius 3 is 2.28 bits per heavy atom. The second kappa shape index (κ2) is 8.84. The van der Waals surface area contributed by atoms with E-state index in [4.69, 9.17) is 4.74 Å². The van der Waals surface area contributed by atoms with E-state index in [1.165, 1.54) is 18.4 Å². The van der Waals surface area contributed by atoms with E-state index in [0.29, 0.717) is 10.5 Å². The summed E-state index contributed by atoms with van der Waals surface area (Å²) in [7, 11) is -2.91. The molecular formula is C23H21NO4S. The van der Waals surface area contributed by atoms with E-state index in [1.807, 2.05) is 30.3 Å². The van der Waals surface area contributed by atoms with Gasteiger partial charge in [0.1, 0.15) is 0 Å². The van der Waals surface area contributed by atoms with E-state index in [2.05, 4.69) is 4.36 Å². The number of esters is 1. The molecule has 0 fully saturated rings. The van der Waals surface area contributed by atoms with Gasteiger partial charge in [-0.05, 0) is 53.6 Å². The number of carbonyl (C=O) groups excluding carboxylic acids is 2. The molecule has 0 aliphatic rings. The Bertz CT molecular complexity index is 1210. The third kappa shape index (κ3) is 4.97. The molecule has 3 rings (SSSR count). The van der Waals surface area contributed by atoms with Crippen molar-refractivity contribution in [3.63, 3.8) is 0 Å². The first-order chi connectivity index (χ1) is 13.9. The van der Waals surface area contributed by atoms with Crippen LogP contribution in [0.5, 0.6) is 0 Å². The van der Waals surface area contributed by atoms with Gasteiger partial charge < -0.3 is 4.74 Å². The van der Waals surface area contributed by atoms with Crippen molar-refractivity contribution in [2.45, 2.75) is 11.8 Å². The summed E-state index contributed by atoms with van der Waals surface area (Å²) in [6.07, 6.45) is 4.23. The first-order valence-electron chi connectivity index (χ1n) is 9.10. The quantitative estimate of drug-likeness (QED) is 0.453. The topological polar surface area (TPSA) is 72.8 Å². The lowest BCUT2D eigenvalue weighted by Crippen LogP contribution is -2.06. The van der Waals surface area contributed by atoms with Crippen LogP contribution in [0.1, 0.15) is 22.8 Å². The second-order valence-corrected chi connectivity index (χ2v) is 8.64. The third-order valence-electron chi connectivity index (χ3n) is 4.27. The van der Waals surface area contributed by atoms with E-state index >= 15 is 0 Å². The van der Waals surface area contributed by atoms with Gasteiger partial charge in [0.25, 0.3) is 5.91 Å². The van der Waals surface area contributed by atoms with Gasteiger partial charge >= 0.3 is 5.97 Å². The molecule has 0 aliphatic carbocycles. The van der Waals surface area contributed by atoms with Crippen molar-refractivity contribution in [2.24, 2.45) is 4.36 Å². The van der Waals surface area contributed by atoms with E-state index in [-0.39, 0.29) is 12.2 Å². The van der Waals surface area contributed by atoms with Crippen LogP contribution in [-0.2, 0) is 19.3 Å². The zero-order chi connectivity index (χ0) is 20.9. The maximum atomic E-state index is 13.0. The van der Waals surface area contributed by atoms with Crippen molar-refractivity contribution < 1.29 is 18.5 Å². The van der Waals surface area contributed by atoms with Crippen molar-refractivity contribution in [3.8, 4) is 0 Å². The minimum Gasteiger partial charge on any atom is -0.463 e. The molecule has 1 unspecified atom stereocenters. The van der Waals surface area contributed by atoms with Crippen LogP contribution in [0.3, 0.4) is 0 Å². The molecule has 0 heterocycles. The molecule has 1 atom stereocenters. The van der Waals surface area contributed by atoms with E-state index < -0.39 is 21.6 Å². The molecule has 0 radical (unpaired) electrons. The van der Waals surface area contributed by atoms with E-state index in [9.17, 15) is 13.8 Å². The highest BCUT2D eigenvalue weighted by Gasteiger charge is 2.15. The predicted molar refractivity (Wildman–Crippen MR) is 115 cm³/mol. The van der Waals surface area contributed by atoms with Crippen molar-refractivity contribution >= 4 is 38.5 Å². The van der Waals surface area contributed by atoms with Crippen LogP contribution in [0.15, 0.2) is 82.1 Å². The number of amides is 1. The molecule has 6 heteroatoms. The molecule has 3 aromatic carbocycles. The fourth-order valence-corrected chi connectivity index (χ4v) is 4.04. The van der Waals surface area contributed by atoms with Gasteiger partial charge in [0, 0.05) is 17.2 Å². The van der Waals surface area contributed by atoms with Gasteiger partial charge in [-0.2, -0.15) is 4.36 Å². The summed E-state index contributed by atoms with van der Waals surface area (Å²) in [5.74, 6) is -1.10. The maximum absolute atomic E-state index is 13.0. The monoisotopic (exact) mass is 407 g/mol. The smallest absolute Gasteiger partial charge is 0.330 e. The molecular weight excluding hydrogens is 386 g/mol. The van der Waals surface area contributed by atoms with Gasteiger partial charge in [-0.25, -0.2) is 9.00 Å². The summed E-state index contributed by atoms with van der Waals surface area (Å²) in [6, 6.07) is 19.7. The lowest BCUT2D eigenvalue weighted by molar-refractivity contribution is -0.137. The van der Waals surface area contributed by atoms with Crippen molar-refractivity contribution in [1.82, 2.24) is 0 Å². The fourth-order valence-electron chi connectivity index (χ4n) is 2.86. The SMILES string of the molecule is CCOC(=O)/C=C/c1cc2ccccc2cc1C(=O)N=S(C)(=O)c1ccccc1. The Balaban J connectivity index is 2.10. The predicted octanol–water partition coefficient (Wildman–Crippen LogP) is 4.71. The fraction of sp³-hybridized carbons (Fsp3) is 0.130. The highest BCUT2D eigenvalue weighted by Crippen LogP contribution is 2.23. The van der Waals surface area contributed by atoms with Gasteiger partial charge in [0.05, 0.1) is 21.9 Å². The van der Waals surface area contributed by atoms with Crippen molar-refractivity contribution in [2.75, 3.05) is 12.9 Å².